The number of nitrogens with one attached hydrogen (secondary N) is 2. The molecule has 19 heavy (non-hydrogen) atoms. The maximum atomic E-state index is 12.0. The molecule has 1 aromatic heterocycles. The molecule has 2 rings (SSSR count). The van der Waals surface area contributed by atoms with Crippen molar-refractivity contribution in [3.63, 3.8) is 0 Å². The van der Waals surface area contributed by atoms with E-state index in [0.717, 1.165) is 5.56 Å². The van der Waals surface area contributed by atoms with Crippen molar-refractivity contribution >= 4 is 12.0 Å². The number of carbonyl (C=O) groups excluding carboxylic acids is 1. The van der Waals surface area contributed by atoms with Gasteiger partial charge in [0, 0.05) is 31.4 Å². The molecular weight excluding hydrogens is 248 g/mol. The summed E-state index contributed by atoms with van der Waals surface area (Å²) in [5.74, 6) is -0.819. The first-order valence-electron chi connectivity index (χ1n) is 6.31. The van der Waals surface area contributed by atoms with Crippen molar-refractivity contribution in [2.75, 3.05) is 13.1 Å². The van der Waals surface area contributed by atoms with Gasteiger partial charge in [-0.1, -0.05) is 6.92 Å². The maximum absolute atomic E-state index is 12.0. The first-order valence-corrected chi connectivity index (χ1v) is 6.31. The van der Waals surface area contributed by atoms with Gasteiger partial charge in [-0.15, -0.1) is 0 Å². The molecule has 1 aliphatic heterocycles. The molecule has 1 atom stereocenters. The minimum absolute atomic E-state index is 0.224. The molecule has 2 heterocycles. The van der Waals surface area contributed by atoms with Gasteiger partial charge in [-0.2, -0.15) is 5.10 Å². The Hall–Kier alpha value is -2.05. The summed E-state index contributed by atoms with van der Waals surface area (Å²) >= 11 is 0. The molecule has 7 nitrogen and oxygen atoms in total. The van der Waals surface area contributed by atoms with Crippen molar-refractivity contribution in [1.29, 1.82) is 0 Å². The van der Waals surface area contributed by atoms with Crippen LogP contribution in [0, 0.1) is 5.41 Å². The second-order valence-corrected chi connectivity index (χ2v) is 4.88. The molecule has 104 valence electrons. The highest BCUT2D eigenvalue weighted by Crippen LogP contribution is 2.34. The number of carbonyl (C=O) groups is 2. The summed E-state index contributed by atoms with van der Waals surface area (Å²) in [6, 6.07) is -0.224. The van der Waals surface area contributed by atoms with Crippen LogP contribution in [0.25, 0.3) is 0 Å². The van der Waals surface area contributed by atoms with Crippen molar-refractivity contribution in [3.05, 3.63) is 18.0 Å². The molecule has 0 bridgehead atoms. The summed E-state index contributed by atoms with van der Waals surface area (Å²) in [6.45, 7) is 2.99. The van der Waals surface area contributed by atoms with E-state index in [9.17, 15) is 14.7 Å². The number of aromatic nitrogens is 2. The lowest BCUT2D eigenvalue weighted by molar-refractivity contribution is -0.148. The van der Waals surface area contributed by atoms with Crippen LogP contribution < -0.4 is 5.32 Å². The van der Waals surface area contributed by atoms with Gasteiger partial charge in [0.1, 0.15) is 0 Å². The Morgan fingerprint density at radius 3 is 2.95 bits per heavy atom. The minimum atomic E-state index is -0.819. The Bertz CT molecular complexity index is 460. The molecular formula is C12H18N4O3. The van der Waals surface area contributed by atoms with Crippen LogP contribution in [-0.2, 0) is 11.3 Å². The second-order valence-electron chi connectivity index (χ2n) is 4.88. The van der Waals surface area contributed by atoms with Gasteiger partial charge in [0.2, 0.25) is 0 Å². The van der Waals surface area contributed by atoms with Crippen LogP contribution in [0.2, 0.25) is 0 Å². The Kier molecular flexibility index (Phi) is 3.73. The Morgan fingerprint density at radius 1 is 1.63 bits per heavy atom. The molecule has 0 radical (unpaired) electrons. The van der Waals surface area contributed by atoms with Gasteiger partial charge < -0.3 is 15.3 Å². The topological polar surface area (TPSA) is 98.3 Å². The molecule has 1 fully saturated rings. The Morgan fingerprint density at radius 2 is 2.42 bits per heavy atom. The van der Waals surface area contributed by atoms with Gasteiger partial charge in [-0.25, -0.2) is 4.79 Å². The third-order valence-electron chi connectivity index (χ3n) is 3.77. The summed E-state index contributed by atoms with van der Waals surface area (Å²) in [5.41, 5.74) is 0.0972. The van der Waals surface area contributed by atoms with E-state index in [1.807, 2.05) is 6.92 Å². The Balaban J connectivity index is 1.89. The molecule has 0 aliphatic carbocycles. The lowest BCUT2D eigenvalue weighted by Crippen LogP contribution is -2.41. The number of carboxylic acid groups (broad SMARTS) is 1. The zero-order valence-electron chi connectivity index (χ0n) is 10.8. The molecule has 2 amide bonds. The van der Waals surface area contributed by atoms with Crippen LogP contribution in [0.15, 0.2) is 12.4 Å². The largest absolute Gasteiger partial charge is 0.481 e. The van der Waals surface area contributed by atoms with Crippen LogP contribution >= 0.6 is 0 Å². The highest BCUT2D eigenvalue weighted by Gasteiger charge is 2.44. The molecule has 1 saturated heterocycles. The van der Waals surface area contributed by atoms with E-state index >= 15 is 0 Å². The first kappa shape index (κ1) is 13.4. The fourth-order valence-corrected chi connectivity index (χ4v) is 2.32. The van der Waals surface area contributed by atoms with Gasteiger partial charge in [0.15, 0.2) is 0 Å². The summed E-state index contributed by atoms with van der Waals surface area (Å²) in [7, 11) is 0. The number of H-pyrrole nitrogens is 1. The second kappa shape index (κ2) is 5.29. The Labute approximate surface area is 111 Å². The van der Waals surface area contributed by atoms with Crippen LogP contribution in [0.3, 0.4) is 0 Å². The van der Waals surface area contributed by atoms with E-state index < -0.39 is 11.4 Å². The summed E-state index contributed by atoms with van der Waals surface area (Å²) < 4.78 is 0. The summed E-state index contributed by atoms with van der Waals surface area (Å²) in [6.07, 6.45) is 4.39. The van der Waals surface area contributed by atoms with Gasteiger partial charge in [0.25, 0.3) is 0 Å². The number of carboxylic acids is 1. The average molecular weight is 266 g/mol. The van der Waals surface area contributed by atoms with E-state index in [1.165, 1.54) is 0 Å². The van der Waals surface area contributed by atoms with E-state index in [1.54, 1.807) is 17.3 Å². The molecule has 0 aromatic carbocycles. The molecule has 1 aliphatic rings. The number of rotatable bonds is 4. The lowest BCUT2D eigenvalue weighted by atomic mass is 9.84. The number of likely N-dealkylation sites (tertiary alicyclic amines) is 1. The van der Waals surface area contributed by atoms with Crippen LogP contribution in [0.5, 0.6) is 0 Å². The molecule has 0 spiro atoms. The zero-order valence-corrected chi connectivity index (χ0v) is 10.8. The molecule has 1 unspecified atom stereocenters. The van der Waals surface area contributed by atoms with E-state index in [-0.39, 0.29) is 12.6 Å². The van der Waals surface area contributed by atoms with Crippen LogP contribution in [0.1, 0.15) is 25.3 Å². The number of aromatic amines is 1. The van der Waals surface area contributed by atoms with Crippen molar-refractivity contribution in [2.24, 2.45) is 5.41 Å². The SMILES string of the molecule is CCC1(C(=O)O)CCN(C(=O)NCc2cn[nH]c2)C1. The van der Waals surface area contributed by atoms with Crippen molar-refractivity contribution in [3.8, 4) is 0 Å². The first-order chi connectivity index (χ1) is 9.07. The van der Waals surface area contributed by atoms with Gasteiger partial charge in [-0.3, -0.25) is 9.89 Å². The fourth-order valence-electron chi connectivity index (χ4n) is 2.32. The summed E-state index contributed by atoms with van der Waals surface area (Å²) in [5, 5.41) is 18.5. The van der Waals surface area contributed by atoms with Crippen LogP contribution in [0.4, 0.5) is 4.79 Å². The molecule has 1 aromatic rings. The summed E-state index contributed by atoms with van der Waals surface area (Å²) in [4.78, 5) is 24.8. The standard InChI is InChI=1S/C12H18N4O3/c1-2-12(10(17)18)3-4-16(8-12)11(19)13-5-9-6-14-15-7-9/h6-7H,2-5,8H2,1H3,(H,13,19)(H,14,15)(H,17,18). The average Bonchev–Trinajstić information content (AvgIpc) is 3.05. The number of hydrogen-bond acceptors (Lipinski definition) is 3. The molecule has 7 heteroatoms. The third kappa shape index (κ3) is 2.69. The van der Waals surface area contributed by atoms with Gasteiger partial charge in [0.05, 0.1) is 11.6 Å². The third-order valence-corrected chi connectivity index (χ3v) is 3.77. The van der Waals surface area contributed by atoms with Crippen LogP contribution in [-0.4, -0.2) is 45.3 Å². The van der Waals surface area contributed by atoms with Gasteiger partial charge >= 0.3 is 12.0 Å². The highest BCUT2D eigenvalue weighted by atomic mass is 16.4. The maximum Gasteiger partial charge on any atom is 0.317 e. The number of urea groups is 1. The van der Waals surface area contributed by atoms with E-state index in [2.05, 4.69) is 15.5 Å². The van der Waals surface area contributed by atoms with Crippen molar-refractivity contribution in [2.45, 2.75) is 26.3 Å². The molecule has 0 saturated carbocycles. The lowest BCUT2D eigenvalue weighted by Gasteiger charge is -2.23. The fraction of sp³-hybridized carbons (Fsp3) is 0.583. The monoisotopic (exact) mass is 266 g/mol. The number of amides is 2. The zero-order chi connectivity index (χ0) is 13.9. The van der Waals surface area contributed by atoms with Crippen molar-refractivity contribution < 1.29 is 14.7 Å². The normalized spacial score (nSPS) is 22.5. The highest BCUT2D eigenvalue weighted by molar-refractivity contribution is 5.79. The number of aliphatic carboxylic acids is 1. The van der Waals surface area contributed by atoms with E-state index in [0.29, 0.717) is 25.9 Å². The van der Waals surface area contributed by atoms with E-state index in [4.69, 9.17) is 0 Å². The number of nitrogens with zero attached hydrogens (tertiary/aromatic N) is 2. The minimum Gasteiger partial charge on any atom is -0.481 e. The predicted octanol–water partition coefficient (Wildman–Crippen LogP) is 0.806. The van der Waals surface area contributed by atoms with Gasteiger partial charge in [-0.05, 0) is 12.8 Å². The molecule has 3 N–H and O–H groups in total. The number of hydrogen-bond donors (Lipinski definition) is 3. The quantitative estimate of drug-likeness (QED) is 0.751. The van der Waals surface area contributed by atoms with Crippen molar-refractivity contribution in [1.82, 2.24) is 20.4 Å². The predicted molar refractivity (Wildman–Crippen MR) is 67.4 cm³/mol. The smallest absolute Gasteiger partial charge is 0.317 e.